The lowest BCUT2D eigenvalue weighted by atomic mass is 9.78. The average Bonchev–Trinajstić information content (AvgIpc) is 2.81. The Labute approximate surface area is 112 Å². The maximum atomic E-state index is 12.4. The molecule has 2 unspecified atom stereocenters. The van der Waals surface area contributed by atoms with Gasteiger partial charge in [-0.15, -0.1) is 11.8 Å². The van der Waals surface area contributed by atoms with Crippen LogP contribution in [0.4, 0.5) is 0 Å². The fourth-order valence-electron chi connectivity index (χ4n) is 2.60. The number of rotatable bonds is 1. The van der Waals surface area contributed by atoms with Crippen molar-refractivity contribution < 1.29 is 14.5 Å². The summed E-state index contributed by atoms with van der Waals surface area (Å²) in [5.74, 6) is -1.45. The number of carbonyl (C=O) groups excluding carboxylic acids is 2. The highest BCUT2D eigenvalue weighted by Crippen LogP contribution is 2.44. The zero-order valence-electron chi connectivity index (χ0n) is 9.95. The number of carbonyl (C=O) groups is 2. The zero-order chi connectivity index (χ0) is 13.7. The molecule has 0 aromatic heterocycles. The smallest absolute Gasteiger partial charge is 0.264 e. The molecule has 19 heavy (non-hydrogen) atoms. The van der Waals surface area contributed by atoms with Crippen molar-refractivity contribution in [3.63, 3.8) is 0 Å². The second kappa shape index (κ2) is 4.03. The van der Waals surface area contributed by atoms with Gasteiger partial charge in [-0.2, -0.15) is 0 Å². The first-order valence-corrected chi connectivity index (χ1v) is 6.64. The molecule has 96 valence electrons. The van der Waals surface area contributed by atoms with Gasteiger partial charge in [0, 0.05) is 16.5 Å². The van der Waals surface area contributed by atoms with Gasteiger partial charge in [0.25, 0.3) is 5.70 Å². The van der Waals surface area contributed by atoms with E-state index in [-0.39, 0.29) is 17.3 Å². The Balaban J connectivity index is 2.18. The number of hydrogen-bond donors (Lipinski definition) is 0. The molecule has 0 radical (unpaired) electrons. The molecule has 3 rings (SSSR count). The van der Waals surface area contributed by atoms with Crippen LogP contribution in [0.2, 0.25) is 0 Å². The lowest BCUT2D eigenvalue weighted by Crippen LogP contribution is -2.39. The van der Waals surface area contributed by atoms with Crippen LogP contribution in [0.1, 0.15) is 26.3 Å². The van der Waals surface area contributed by atoms with Crippen molar-refractivity contribution in [1.82, 2.24) is 0 Å². The molecular formula is C13H9NO4S. The van der Waals surface area contributed by atoms with Gasteiger partial charge in [0.15, 0.2) is 11.6 Å². The minimum absolute atomic E-state index is 0.166. The summed E-state index contributed by atoms with van der Waals surface area (Å²) in [6.07, 6.45) is 0. The quantitative estimate of drug-likeness (QED) is 0.580. The summed E-state index contributed by atoms with van der Waals surface area (Å²) in [7, 11) is 0. The molecule has 6 heteroatoms. The summed E-state index contributed by atoms with van der Waals surface area (Å²) in [6, 6.07) is 5.03. The highest BCUT2D eigenvalue weighted by atomic mass is 32.2. The minimum atomic E-state index is -0.943. The molecule has 1 aromatic rings. The third kappa shape index (κ3) is 1.56. The average molecular weight is 275 g/mol. The van der Waals surface area contributed by atoms with E-state index in [2.05, 4.69) is 0 Å². The van der Waals surface area contributed by atoms with E-state index in [0.29, 0.717) is 11.1 Å². The maximum absolute atomic E-state index is 12.4. The Morgan fingerprint density at radius 1 is 1.26 bits per heavy atom. The van der Waals surface area contributed by atoms with E-state index < -0.39 is 16.1 Å². The summed E-state index contributed by atoms with van der Waals surface area (Å²) >= 11 is 1.07. The van der Waals surface area contributed by atoms with Crippen molar-refractivity contribution in [3.8, 4) is 0 Å². The highest BCUT2D eigenvalue weighted by Gasteiger charge is 2.51. The van der Waals surface area contributed by atoms with Crippen LogP contribution in [0, 0.1) is 23.0 Å². The summed E-state index contributed by atoms with van der Waals surface area (Å²) in [5.41, 5.74) is 1.30. The maximum Gasteiger partial charge on any atom is 0.264 e. The molecule has 0 saturated heterocycles. The number of nitro groups is 1. The van der Waals surface area contributed by atoms with Gasteiger partial charge < -0.3 is 0 Å². The first kappa shape index (κ1) is 12.1. The Morgan fingerprint density at radius 3 is 2.68 bits per heavy atom. The molecule has 2 atom stereocenters. The molecule has 0 bridgehead atoms. The van der Waals surface area contributed by atoms with Gasteiger partial charge in [0.05, 0.1) is 10.2 Å². The van der Waals surface area contributed by atoms with E-state index >= 15 is 0 Å². The first-order chi connectivity index (χ1) is 9.02. The molecule has 0 N–H and O–H groups in total. The number of ketones is 2. The third-order valence-corrected chi connectivity index (χ3v) is 4.65. The summed E-state index contributed by atoms with van der Waals surface area (Å²) < 4.78 is 0. The van der Waals surface area contributed by atoms with Crippen LogP contribution in [0.3, 0.4) is 0 Å². The summed E-state index contributed by atoms with van der Waals surface area (Å²) in [4.78, 5) is 35.2. The lowest BCUT2D eigenvalue weighted by molar-refractivity contribution is -0.430. The minimum Gasteiger partial charge on any atom is -0.293 e. The highest BCUT2D eigenvalue weighted by molar-refractivity contribution is 8.03. The topological polar surface area (TPSA) is 77.3 Å². The van der Waals surface area contributed by atoms with E-state index in [1.165, 1.54) is 5.41 Å². The number of nitrogens with zero attached hydrogens (tertiary/aromatic N) is 1. The number of benzene rings is 1. The second-order valence-corrected chi connectivity index (χ2v) is 5.58. The molecule has 1 aliphatic heterocycles. The van der Waals surface area contributed by atoms with E-state index in [9.17, 15) is 19.7 Å². The van der Waals surface area contributed by atoms with E-state index in [4.69, 9.17) is 0 Å². The largest absolute Gasteiger partial charge is 0.293 e. The Kier molecular flexibility index (Phi) is 2.56. The predicted octanol–water partition coefficient (Wildman–Crippen LogP) is 2.22. The van der Waals surface area contributed by atoms with Gasteiger partial charge in [0.2, 0.25) is 0 Å². The molecule has 5 nitrogen and oxygen atoms in total. The molecule has 0 spiro atoms. The van der Waals surface area contributed by atoms with Crippen LogP contribution >= 0.6 is 11.8 Å². The van der Waals surface area contributed by atoms with Gasteiger partial charge in [-0.1, -0.05) is 18.2 Å². The Bertz CT molecular complexity index is 665. The SMILES string of the molecule is Cc1cccc2c1C(=O)C1SC=C([N+](=O)[O-])C1C2=O. The van der Waals surface area contributed by atoms with Crippen molar-refractivity contribution in [1.29, 1.82) is 0 Å². The second-order valence-electron chi connectivity index (χ2n) is 4.56. The first-order valence-electron chi connectivity index (χ1n) is 5.70. The van der Waals surface area contributed by atoms with Gasteiger partial charge in [-0.3, -0.25) is 19.7 Å². The van der Waals surface area contributed by atoms with Gasteiger partial charge >= 0.3 is 0 Å². The molecule has 1 heterocycles. The summed E-state index contributed by atoms with van der Waals surface area (Å²) in [6.45, 7) is 1.77. The molecular weight excluding hydrogens is 266 g/mol. The number of fused-ring (bicyclic) bond motifs is 2. The van der Waals surface area contributed by atoms with Crippen molar-refractivity contribution >= 4 is 23.3 Å². The van der Waals surface area contributed by atoms with E-state index in [1.54, 1.807) is 25.1 Å². The van der Waals surface area contributed by atoms with E-state index in [0.717, 1.165) is 17.3 Å². The van der Waals surface area contributed by atoms with Crippen LogP contribution in [-0.4, -0.2) is 21.7 Å². The Hall–Kier alpha value is -1.95. The molecule has 1 aliphatic carbocycles. The van der Waals surface area contributed by atoms with Gasteiger partial charge in [0.1, 0.15) is 5.92 Å². The molecule has 0 fully saturated rings. The van der Waals surface area contributed by atoms with Crippen LogP contribution in [-0.2, 0) is 0 Å². The van der Waals surface area contributed by atoms with Crippen molar-refractivity contribution in [3.05, 3.63) is 56.1 Å². The molecule has 1 aromatic carbocycles. The fraction of sp³-hybridized carbons (Fsp3) is 0.231. The summed E-state index contributed by atoms with van der Waals surface area (Å²) in [5, 5.41) is 11.6. The number of allylic oxidation sites excluding steroid dienone is 1. The fourth-order valence-corrected chi connectivity index (χ4v) is 3.78. The van der Waals surface area contributed by atoms with Gasteiger partial charge in [-0.05, 0) is 12.5 Å². The van der Waals surface area contributed by atoms with Crippen molar-refractivity contribution in [2.75, 3.05) is 0 Å². The molecule has 0 saturated carbocycles. The van der Waals surface area contributed by atoms with Crippen molar-refractivity contribution in [2.24, 2.45) is 5.92 Å². The van der Waals surface area contributed by atoms with Crippen LogP contribution in [0.5, 0.6) is 0 Å². The molecule has 2 aliphatic rings. The monoisotopic (exact) mass is 275 g/mol. The van der Waals surface area contributed by atoms with Crippen LogP contribution in [0.15, 0.2) is 29.3 Å². The third-order valence-electron chi connectivity index (χ3n) is 3.49. The molecule has 0 amide bonds. The van der Waals surface area contributed by atoms with Gasteiger partial charge in [-0.25, -0.2) is 0 Å². The number of hydrogen-bond acceptors (Lipinski definition) is 5. The van der Waals surface area contributed by atoms with Crippen molar-refractivity contribution in [2.45, 2.75) is 12.2 Å². The Morgan fingerprint density at radius 2 is 2.00 bits per heavy atom. The number of Topliss-reactive ketones (excluding diaryl/α,β-unsaturated/α-hetero) is 2. The zero-order valence-corrected chi connectivity index (χ0v) is 10.8. The number of aryl methyl sites for hydroxylation is 1. The van der Waals surface area contributed by atoms with Crippen LogP contribution < -0.4 is 0 Å². The normalized spacial score (nSPS) is 24.8. The predicted molar refractivity (Wildman–Crippen MR) is 69.8 cm³/mol. The number of thioether (sulfide) groups is 1. The lowest BCUT2D eigenvalue weighted by Gasteiger charge is -2.24. The van der Waals surface area contributed by atoms with E-state index in [1.807, 2.05) is 0 Å². The van der Waals surface area contributed by atoms with Crippen LogP contribution in [0.25, 0.3) is 0 Å². The standard InChI is InChI=1S/C13H9NO4S/c1-6-3-2-4-7-9(6)12(16)13-10(11(7)15)8(5-19-13)14(17)18/h2-5,10,13H,1H3.